The minimum absolute atomic E-state index is 0.0745. The molecule has 0 aliphatic carbocycles. The van der Waals surface area contributed by atoms with Crippen molar-refractivity contribution in [3.8, 4) is 0 Å². The summed E-state index contributed by atoms with van der Waals surface area (Å²) in [5.41, 5.74) is 0.822. The summed E-state index contributed by atoms with van der Waals surface area (Å²) < 4.78 is 0. The van der Waals surface area contributed by atoms with Gasteiger partial charge in [-0.3, -0.25) is 4.79 Å². The molecule has 2 rings (SSSR count). The Morgan fingerprint density at radius 3 is 2.50 bits per heavy atom. The van der Waals surface area contributed by atoms with E-state index in [0.717, 1.165) is 16.3 Å². The van der Waals surface area contributed by atoms with Crippen molar-refractivity contribution in [2.45, 2.75) is 12.5 Å². The number of carbonyl (C=O) groups is 2. The van der Waals surface area contributed by atoms with Crippen molar-refractivity contribution in [2.75, 3.05) is 6.61 Å². The molecule has 2 aromatic carbocycles. The number of benzene rings is 2. The zero-order chi connectivity index (χ0) is 14.5. The second-order valence-electron chi connectivity index (χ2n) is 4.46. The number of aliphatic hydroxyl groups excluding tert-OH is 1. The first-order valence-electron chi connectivity index (χ1n) is 6.21. The molecule has 104 valence electrons. The van der Waals surface area contributed by atoms with Crippen molar-refractivity contribution in [1.29, 1.82) is 0 Å². The summed E-state index contributed by atoms with van der Waals surface area (Å²) in [5, 5.41) is 21.9. The normalized spacial score (nSPS) is 12.1. The first-order chi connectivity index (χ1) is 9.61. The Morgan fingerprint density at radius 1 is 1.10 bits per heavy atom. The van der Waals surface area contributed by atoms with Crippen LogP contribution in [0.5, 0.6) is 0 Å². The van der Waals surface area contributed by atoms with Gasteiger partial charge in [0.05, 0.1) is 13.0 Å². The third-order valence-electron chi connectivity index (χ3n) is 3.05. The van der Waals surface area contributed by atoms with Gasteiger partial charge in [0.15, 0.2) is 0 Å². The van der Waals surface area contributed by atoms with Crippen molar-refractivity contribution in [1.82, 2.24) is 5.32 Å². The van der Waals surface area contributed by atoms with Gasteiger partial charge in [-0.05, 0) is 16.3 Å². The van der Waals surface area contributed by atoms with Crippen molar-refractivity contribution < 1.29 is 19.8 Å². The zero-order valence-corrected chi connectivity index (χ0v) is 10.7. The Hall–Kier alpha value is -2.40. The molecule has 2 aromatic rings. The number of rotatable bonds is 5. The molecule has 1 amide bonds. The molecule has 0 aliphatic rings. The van der Waals surface area contributed by atoms with Gasteiger partial charge in [-0.2, -0.15) is 0 Å². The predicted octanol–water partition coefficient (Wildman–Crippen LogP) is 0.944. The Balaban J connectivity index is 2.16. The van der Waals surface area contributed by atoms with E-state index < -0.39 is 24.5 Å². The zero-order valence-electron chi connectivity index (χ0n) is 10.7. The lowest BCUT2D eigenvalue weighted by molar-refractivity contribution is -0.142. The van der Waals surface area contributed by atoms with Gasteiger partial charge >= 0.3 is 5.97 Å². The van der Waals surface area contributed by atoms with E-state index in [-0.39, 0.29) is 6.42 Å². The number of hydrogen-bond donors (Lipinski definition) is 3. The van der Waals surface area contributed by atoms with Crippen LogP contribution in [0, 0.1) is 0 Å². The van der Waals surface area contributed by atoms with Crippen LogP contribution in [-0.4, -0.2) is 34.7 Å². The molecule has 0 saturated carbocycles. The fraction of sp³-hybridized carbons (Fsp3) is 0.200. The SMILES string of the molecule is O=C(Cc1cccc2ccccc12)NC(CO)C(=O)O. The average Bonchev–Trinajstić information content (AvgIpc) is 2.45. The molecule has 5 nitrogen and oxygen atoms in total. The van der Waals surface area contributed by atoms with Crippen LogP contribution >= 0.6 is 0 Å². The van der Waals surface area contributed by atoms with E-state index in [1.54, 1.807) is 0 Å². The molecular formula is C15H15NO4. The van der Waals surface area contributed by atoms with Crippen molar-refractivity contribution in [3.05, 3.63) is 48.0 Å². The first-order valence-corrected chi connectivity index (χ1v) is 6.21. The molecule has 3 N–H and O–H groups in total. The number of aliphatic hydroxyl groups is 1. The van der Waals surface area contributed by atoms with Crippen molar-refractivity contribution in [2.24, 2.45) is 0 Å². The van der Waals surface area contributed by atoms with Gasteiger partial charge in [-0.1, -0.05) is 42.5 Å². The summed E-state index contributed by atoms with van der Waals surface area (Å²) in [4.78, 5) is 22.6. The van der Waals surface area contributed by atoms with E-state index in [4.69, 9.17) is 10.2 Å². The van der Waals surface area contributed by atoms with Gasteiger partial charge in [0.1, 0.15) is 6.04 Å². The van der Waals surface area contributed by atoms with E-state index in [9.17, 15) is 9.59 Å². The standard InChI is InChI=1S/C15H15NO4/c17-9-13(15(19)20)16-14(18)8-11-6-3-5-10-4-1-2-7-12(10)11/h1-7,13,17H,8-9H2,(H,16,18)(H,19,20). The lowest BCUT2D eigenvalue weighted by atomic mass is 10.0. The second kappa shape index (κ2) is 6.16. The molecule has 1 unspecified atom stereocenters. The Labute approximate surface area is 115 Å². The lowest BCUT2D eigenvalue weighted by Crippen LogP contribution is -2.43. The van der Waals surface area contributed by atoms with Crippen LogP contribution in [0.1, 0.15) is 5.56 Å². The quantitative estimate of drug-likeness (QED) is 0.757. The molecule has 0 bridgehead atoms. The van der Waals surface area contributed by atoms with Crippen molar-refractivity contribution >= 4 is 22.6 Å². The molecule has 0 spiro atoms. The first kappa shape index (κ1) is 14.0. The third kappa shape index (κ3) is 3.13. The summed E-state index contributed by atoms with van der Waals surface area (Å²) >= 11 is 0. The van der Waals surface area contributed by atoms with Crippen LogP contribution in [0.4, 0.5) is 0 Å². The van der Waals surface area contributed by atoms with E-state index >= 15 is 0 Å². The molecule has 20 heavy (non-hydrogen) atoms. The fourth-order valence-corrected chi connectivity index (χ4v) is 2.05. The van der Waals surface area contributed by atoms with Gasteiger partial charge in [-0.15, -0.1) is 0 Å². The number of carboxylic acid groups (broad SMARTS) is 1. The number of aliphatic carboxylic acids is 1. The smallest absolute Gasteiger partial charge is 0.328 e. The van der Waals surface area contributed by atoms with Gasteiger partial charge in [0.25, 0.3) is 0 Å². The average molecular weight is 273 g/mol. The lowest BCUT2D eigenvalue weighted by Gasteiger charge is -2.12. The Bertz CT molecular complexity index is 633. The molecule has 0 aromatic heterocycles. The molecule has 0 heterocycles. The highest BCUT2D eigenvalue weighted by Gasteiger charge is 2.18. The summed E-state index contributed by atoms with van der Waals surface area (Å²) in [5.74, 6) is -1.68. The molecule has 1 atom stereocenters. The topological polar surface area (TPSA) is 86.6 Å². The largest absolute Gasteiger partial charge is 0.480 e. The maximum Gasteiger partial charge on any atom is 0.328 e. The van der Waals surface area contributed by atoms with Crippen LogP contribution in [-0.2, 0) is 16.0 Å². The number of hydrogen-bond acceptors (Lipinski definition) is 3. The van der Waals surface area contributed by atoms with E-state index in [1.807, 2.05) is 42.5 Å². The molecule has 0 aliphatic heterocycles. The predicted molar refractivity (Wildman–Crippen MR) is 74.3 cm³/mol. The number of nitrogens with one attached hydrogen (secondary N) is 1. The fourth-order valence-electron chi connectivity index (χ4n) is 2.05. The van der Waals surface area contributed by atoms with E-state index in [0.29, 0.717) is 0 Å². The van der Waals surface area contributed by atoms with Crippen LogP contribution < -0.4 is 5.32 Å². The summed E-state index contributed by atoms with van der Waals surface area (Å²) in [6.07, 6.45) is 0.0745. The van der Waals surface area contributed by atoms with Gasteiger partial charge in [-0.25, -0.2) is 4.79 Å². The van der Waals surface area contributed by atoms with Crippen LogP contribution in [0.2, 0.25) is 0 Å². The number of carbonyl (C=O) groups excluding carboxylic acids is 1. The van der Waals surface area contributed by atoms with Crippen LogP contribution in [0.25, 0.3) is 10.8 Å². The Kier molecular flexibility index (Phi) is 4.32. The monoisotopic (exact) mass is 273 g/mol. The molecule has 0 fully saturated rings. The minimum atomic E-state index is -1.27. The van der Waals surface area contributed by atoms with Crippen LogP contribution in [0.3, 0.4) is 0 Å². The second-order valence-corrected chi connectivity index (χ2v) is 4.46. The molecule has 0 radical (unpaired) electrons. The van der Waals surface area contributed by atoms with Gasteiger partial charge < -0.3 is 15.5 Å². The highest BCUT2D eigenvalue weighted by Crippen LogP contribution is 2.18. The summed E-state index contributed by atoms with van der Waals surface area (Å²) in [7, 11) is 0. The number of fused-ring (bicyclic) bond motifs is 1. The van der Waals surface area contributed by atoms with Gasteiger partial charge in [0, 0.05) is 0 Å². The highest BCUT2D eigenvalue weighted by molar-refractivity contribution is 5.91. The molecule has 0 saturated heterocycles. The third-order valence-corrected chi connectivity index (χ3v) is 3.05. The summed E-state index contributed by atoms with van der Waals surface area (Å²) in [6, 6.07) is 12.0. The highest BCUT2D eigenvalue weighted by atomic mass is 16.4. The molecule has 5 heteroatoms. The number of carboxylic acids is 1. The number of amides is 1. The maximum atomic E-state index is 11.8. The Morgan fingerprint density at radius 2 is 1.80 bits per heavy atom. The van der Waals surface area contributed by atoms with Crippen LogP contribution in [0.15, 0.2) is 42.5 Å². The molecular weight excluding hydrogens is 258 g/mol. The summed E-state index contributed by atoms with van der Waals surface area (Å²) in [6.45, 7) is -0.628. The van der Waals surface area contributed by atoms with Gasteiger partial charge in [0.2, 0.25) is 5.91 Å². The minimum Gasteiger partial charge on any atom is -0.480 e. The van der Waals surface area contributed by atoms with E-state index in [1.165, 1.54) is 0 Å². The van der Waals surface area contributed by atoms with E-state index in [2.05, 4.69) is 5.32 Å². The van der Waals surface area contributed by atoms with Crippen molar-refractivity contribution in [3.63, 3.8) is 0 Å². The maximum absolute atomic E-state index is 11.8.